The predicted molar refractivity (Wildman–Crippen MR) is 130 cm³/mol. The van der Waals surface area contributed by atoms with Gasteiger partial charge in [0.15, 0.2) is 11.6 Å². The molecule has 10 nitrogen and oxygen atoms in total. The van der Waals surface area contributed by atoms with Gasteiger partial charge in [0, 0.05) is 70.5 Å². The molecule has 0 unspecified atom stereocenters. The molecule has 0 aliphatic carbocycles. The topological polar surface area (TPSA) is 106 Å². The highest BCUT2D eigenvalue weighted by Gasteiger charge is 2.30. The quantitative estimate of drug-likeness (QED) is 0.541. The molecule has 0 bridgehead atoms. The second-order valence-corrected chi connectivity index (χ2v) is 10.4. The van der Waals surface area contributed by atoms with Crippen molar-refractivity contribution >= 4 is 32.6 Å². The zero-order chi connectivity index (χ0) is 23.5. The number of aromatic nitrogens is 3. The van der Waals surface area contributed by atoms with E-state index < -0.39 is 10.0 Å². The lowest BCUT2D eigenvalue weighted by atomic mass is 10.2. The van der Waals surface area contributed by atoms with Gasteiger partial charge in [0.1, 0.15) is 4.90 Å². The number of sulfonamides is 1. The second kappa shape index (κ2) is 9.79. The van der Waals surface area contributed by atoms with Gasteiger partial charge in [-0.1, -0.05) is 18.2 Å². The molecule has 1 aromatic carbocycles. The molecular weight excluding hydrogens is 454 g/mol. The highest BCUT2D eigenvalue weighted by atomic mass is 32.2. The van der Waals surface area contributed by atoms with Crippen molar-refractivity contribution in [1.82, 2.24) is 24.4 Å². The Morgan fingerprint density at radius 3 is 2.03 bits per heavy atom. The molecule has 0 atom stereocenters. The zero-order valence-corrected chi connectivity index (χ0v) is 19.8. The van der Waals surface area contributed by atoms with Gasteiger partial charge < -0.3 is 14.9 Å². The Bertz CT molecular complexity index is 1220. The minimum atomic E-state index is -3.64. The summed E-state index contributed by atoms with van der Waals surface area (Å²) in [5.74, 6) is 1.60. The monoisotopic (exact) mass is 483 g/mol. The fourth-order valence-corrected chi connectivity index (χ4v) is 6.17. The Balaban J connectivity index is 1.22. The van der Waals surface area contributed by atoms with Crippen molar-refractivity contribution in [3.63, 3.8) is 0 Å². The normalized spacial score (nSPS) is 18.5. The number of benzene rings is 1. The van der Waals surface area contributed by atoms with Crippen LogP contribution in [0.5, 0.6) is 0 Å². The van der Waals surface area contributed by atoms with Crippen LogP contribution >= 0.6 is 0 Å². The van der Waals surface area contributed by atoms with Crippen LogP contribution in [-0.2, 0) is 10.0 Å². The molecular formula is C23H29N7O3S. The maximum absolute atomic E-state index is 13.3. The van der Waals surface area contributed by atoms with Crippen molar-refractivity contribution < 1.29 is 13.5 Å². The molecule has 2 aliphatic rings. The van der Waals surface area contributed by atoms with Crippen LogP contribution < -0.4 is 9.80 Å². The Morgan fingerprint density at radius 2 is 1.41 bits per heavy atom. The number of fused-ring (bicyclic) bond motifs is 1. The Morgan fingerprint density at radius 1 is 0.794 bits per heavy atom. The molecule has 0 saturated carbocycles. The summed E-state index contributed by atoms with van der Waals surface area (Å²) in [5, 5.41) is 18.8. The largest absolute Gasteiger partial charge is 0.395 e. The van der Waals surface area contributed by atoms with Gasteiger partial charge in [-0.2, -0.15) is 4.31 Å². The molecule has 1 N–H and O–H groups in total. The van der Waals surface area contributed by atoms with Gasteiger partial charge in [0.05, 0.1) is 12.1 Å². The highest BCUT2D eigenvalue weighted by molar-refractivity contribution is 7.89. The third-order valence-corrected chi connectivity index (χ3v) is 8.46. The fourth-order valence-electron chi connectivity index (χ4n) is 4.58. The molecule has 180 valence electrons. The van der Waals surface area contributed by atoms with E-state index in [0.717, 1.165) is 43.2 Å². The Hall–Kier alpha value is -2.86. The van der Waals surface area contributed by atoms with Crippen LogP contribution in [0.3, 0.4) is 0 Å². The van der Waals surface area contributed by atoms with E-state index in [1.807, 2.05) is 24.3 Å². The van der Waals surface area contributed by atoms with Crippen molar-refractivity contribution in [2.24, 2.45) is 0 Å². The molecule has 2 saturated heterocycles. The first kappa shape index (κ1) is 22.9. The summed E-state index contributed by atoms with van der Waals surface area (Å²) in [7, 11) is -3.64. The molecule has 5 rings (SSSR count). The molecule has 3 aromatic rings. The molecule has 4 heterocycles. The molecule has 2 aliphatic heterocycles. The molecule has 2 fully saturated rings. The fraction of sp³-hybridized carbons (Fsp3) is 0.435. The van der Waals surface area contributed by atoms with Gasteiger partial charge in [-0.3, -0.25) is 9.88 Å². The van der Waals surface area contributed by atoms with E-state index in [0.29, 0.717) is 38.2 Å². The van der Waals surface area contributed by atoms with E-state index in [1.54, 1.807) is 24.4 Å². The lowest BCUT2D eigenvalue weighted by Crippen LogP contribution is -2.49. The summed E-state index contributed by atoms with van der Waals surface area (Å²) >= 11 is 0. The number of anilines is 2. The average molecular weight is 484 g/mol. The maximum atomic E-state index is 13.3. The Labute approximate surface area is 199 Å². The van der Waals surface area contributed by atoms with Crippen LogP contribution in [0.25, 0.3) is 10.9 Å². The van der Waals surface area contributed by atoms with Crippen molar-refractivity contribution in [2.45, 2.75) is 4.90 Å². The number of aliphatic hydroxyl groups is 1. The number of pyridine rings is 1. The van der Waals surface area contributed by atoms with Crippen LogP contribution in [0.4, 0.5) is 11.6 Å². The first-order valence-corrected chi connectivity index (χ1v) is 13.0. The summed E-state index contributed by atoms with van der Waals surface area (Å²) in [6.07, 6.45) is 1.62. The summed E-state index contributed by atoms with van der Waals surface area (Å²) in [6, 6.07) is 12.9. The summed E-state index contributed by atoms with van der Waals surface area (Å²) in [4.78, 5) is 11.1. The van der Waals surface area contributed by atoms with Crippen LogP contribution in [0.2, 0.25) is 0 Å². The third-order valence-electron chi connectivity index (χ3n) is 6.53. The molecule has 0 radical (unpaired) electrons. The minimum Gasteiger partial charge on any atom is -0.395 e. The van der Waals surface area contributed by atoms with E-state index >= 15 is 0 Å². The minimum absolute atomic E-state index is 0.182. The van der Waals surface area contributed by atoms with Gasteiger partial charge in [-0.15, -0.1) is 10.2 Å². The first-order valence-electron chi connectivity index (χ1n) is 11.6. The van der Waals surface area contributed by atoms with Crippen molar-refractivity contribution in [3.8, 4) is 0 Å². The van der Waals surface area contributed by atoms with E-state index in [1.165, 1.54) is 4.31 Å². The number of para-hydroxylation sites is 1. The highest BCUT2D eigenvalue weighted by Crippen LogP contribution is 2.26. The van der Waals surface area contributed by atoms with E-state index in [2.05, 4.69) is 29.9 Å². The van der Waals surface area contributed by atoms with Gasteiger partial charge in [0.2, 0.25) is 10.0 Å². The standard InChI is InChI=1S/C23H29N7O3S/c31-18-17-27-9-11-28(12-10-27)21-6-7-22(26-25-21)29-13-15-30(16-14-29)34(32,33)20-5-1-3-19-4-2-8-24-23(19)20/h1-8,31H,9-18H2. The molecule has 0 spiro atoms. The summed E-state index contributed by atoms with van der Waals surface area (Å²) in [5.41, 5.74) is 0.506. The van der Waals surface area contributed by atoms with Crippen molar-refractivity contribution in [3.05, 3.63) is 48.7 Å². The zero-order valence-electron chi connectivity index (χ0n) is 19.0. The van der Waals surface area contributed by atoms with Gasteiger partial charge in [-0.05, 0) is 24.3 Å². The Kier molecular flexibility index (Phi) is 6.59. The maximum Gasteiger partial charge on any atom is 0.245 e. The molecule has 2 aromatic heterocycles. The van der Waals surface area contributed by atoms with Crippen molar-refractivity contribution in [2.75, 3.05) is 75.3 Å². The van der Waals surface area contributed by atoms with Gasteiger partial charge >= 0.3 is 0 Å². The number of hydrogen-bond donors (Lipinski definition) is 1. The third kappa shape index (κ3) is 4.56. The number of rotatable bonds is 6. The number of hydrogen-bond acceptors (Lipinski definition) is 9. The van der Waals surface area contributed by atoms with Crippen LogP contribution in [0.1, 0.15) is 0 Å². The van der Waals surface area contributed by atoms with E-state index in [9.17, 15) is 8.42 Å². The van der Waals surface area contributed by atoms with Crippen LogP contribution in [0, 0.1) is 0 Å². The SMILES string of the molecule is O=S(=O)(c1cccc2cccnc12)N1CCN(c2ccc(N3CCN(CCO)CC3)nn2)CC1. The first-order chi connectivity index (χ1) is 16.6. The smallest absolute Gasteiger partial charge is 0.245 e. The lowest BCUT2D eigenvalue weighted by molar-refractivity contribution is 0.188. The lowest BCUT2D eigenvalue weighted by Gasteiger charge is -2.36. The molecule has 11 heteroatoms. The van der Waals surface area contributed by atoms with Gasteiger partial charge in [-0.25, -0.2) is 8.42 Å². The van der Waals surface area contributed by atoms with E-state index in [-0.39, 0.29) is 11.5 Å². The summed E-state index contributed by atoms with van der Waals surface area (Å²) in [6.45, 7) is 6.24. The molecule has 0 amide bonds. The van der Waals surface area contributed by atoms with Gasteiger partial charge in [0.25, 0.3) is 0 Å². The van der Waals surface area contributed by atoms with Crippen molar-refractivity contribution in [1.29, 1.82) is 0 Å². The predicted octanol–water partition coefficient (Wildman–Crippen LogP) is 0.650. The number of β-amino-alcohol motifs (C(OH)–C–C–N with tert-alkyl or cyclic N) is 1. The average Bonchev–Trinajstić information content (AvgIpc) is 2.89. The second-order valence-electron chi connectivity index (χ2n) is 8.52. The van der Waals surface area contributed by atoms with E-state index in [4.69, 9.17) is 5.11 Å². The van der Waals surface area contributed by atoms with Crippen LogP contribution in [0.15, 0.2) is 53.6 Å². The summed E-state index contributed by atoms with van der Waals surface area (Å²) < 4.78 is 28.2. The number of nitrogens with zero attached hydrogens (tertiary/aromatic N) is 7. The molecule has 34 heavy (non-hydrogen) atoms. The number of piperazine rings is 2. The van der Waals surface area contributed by atoms with Crippen LogP contribution in [-0.4, -0.2) is 103 Å². The number of aliphatic hydroxyl groups excluding tert-OH is 1.